The van der Waals surface area contributed by atoms with Gasteiger partial charge in [0.2, 0.25) is 0 Å². The van der Waals surface area contributed by atoms with Crippen molar-refractivity contribution in [3.63, 3.8) is 0 Å². The Morgan fingerprint density at radius 1 is 1.47 bits per heavy atom. The summed E-state index contributed by atoms with van der Waals surface area (Å²) >= 11 is 0. The second kappa shape index (κ2) is 4.32. The molecule has 7 nitrogen and oxygen atoms in total. The zero-order chi connectivity index (χ0) is 12.5. The highest BCUT2D eigenvalue weighted by Gasteiger charge is 2.20. The van der Waals surface area contributed by atoms with E-state index in [1.807, 2.05) is 4.89 Å². The predicted molar refractivity (Wildman–Crippen MR) is 57.9 cm³/mol. The molecule has 92 valence electrons. The van der Waals surface area contributed by atoms with Gasteiger partial charge in [-0.15, -0.1) is 0 Å². The lowest BCUT2D eigenvalue weighted by Crippen LogP contribution is -2.26. The van der Waals surface area contributed by atoms with E-state index in [2.05, 4.69) is 10.2 Å². The molecule has 0 saturated carbocycles. The Labute approximate surface area is 97.7 Å². The van der Waals surface area contributed by atoms with E-state index < -0.39 is 10.0 Å². The molecule has 1 aliphatic heterocycles. The molecule has 0 radical (unpaired) electrons. The van der Waals surface area contributed by atoms with Gasteiger partial charge in [0.05, 0.1) is 17.7 Å². The Balaban J connectivity index is 2.39. The molecule has 1 aromatic rings. The number of fused-ring (bicyclic) bond motifs is 1. The molecule has 1 heterocycles. The standard InChI is InChI=1S/C9H10N2O5S/c1-15-11-17(13,14)6-2-3-8-7(4-6)10-9(12)5-16-8/h2-4,11H,5H2,1H3,(H,10,12). The molecule has 1 aliphatic rings. The van der Waals surface area contributed by atoms with Gasteiger partial charge >= 0.3 is 0 Å². The van der Waals surface area contributed by atoms with Crippen LogP contribution in [-0.4, -0.2) is 28.0 Å². The normalized spacial score (nSPS) is 14.8. The van der Waals surface area contributed by atoms with Crippen LogP contribution in [-0.2, 0) is 19.7 Å². The Kier molecular flexibility index (Phi) is 3.01. The second-order valence-electron chi connectivity index (χ2n) is 3.29. The largest absolute Gasteiger partial charge is 0.482 e. The van der Waals surface area contributed by atoms with E-state index in [-0.39, 0.29) is 17.4 Å². The van der Waals surface area contributed by atoms with Gasteiger partial charge in [-0.1, -0.05) is 4.89 Å². The Morgan fingerprint density at radius 2 is 2.24 bits per heavy atom. The molecule has 0 spiro atoms. The minimum Gasteiger partial charge on any atom is -0.482 e. The van der Waals surface area contributed by atoms with Crippen molar-refractivity contribution in [1.82, 2.24) is 4.89 Å². The molecule has 0 aromatic heterocycles. The molecule has 2 N–H and O–H groups in total. The van der Waals surface area contributed by atoms with Gasteiger partial charge in [-0.25, -0.2) is 8.42 Å². The van der Waals surface area contributed by atoms with Crippen LogP contribution in [0.5, 0.6) is 5.75 Å². The molecule has 17 heavy (non-hydrogen) atoms. The zero-order valence-corrected chi connectivity index (χ0v) is 9.71. The van der Waals surface area contributed by atoms with Gasteiger partial charge < -0.3 is 10.1 Å². The van der Waals surface area contributed by atoms with E-state index in [1.165, 1.54) is 25.3 Å². The molecule has 0 unspecified atom stereocenters. The van der Waals surface area contributed by atoms with Crippen molar-refractivity contribution in [1.29, 1.82) is 0 Å². The number of sulfonamides is 1. The summed E-state index contributed by atoms with van der Waals surface area (Å²) in [6.07, 6.45) is 0. The Hall–Kier alpha value is -1.64. The quantitative estimate of drug-likeness (QED) is 0.736. The first kappa shape index (κ1) is 11.8. The summed E-state index contributed by atoms with van der Waals surface area (Å²) in [5.41, 5.74) is 0.320. The molecule has 0 fully saturated rings. The summed E-state index contributed by atoms with van der Waals surface area (Å²) in [6, 6.07) is 4.13. The average Bonchev–Trinajstić information content (AvgIpc) is 2.28. The average molecular weight is 258 g/mol. The van der Waals surface area contributed by atoms with Crippen molar-refractivity contribution in [3.8, 4) is 5.75 Å². The van der Waals surface area contributed by atoms with E-state index in [9.17, 15) is 13.2 Å². The van der Waals surface area contributed by atoms with Crippen LogP contribution in [0.3, 0.4) is 0 Å². The van der Waals surface area contributed by atoms with Crippen LogP contribution in [0.1, 0.15) is 0 Å². The summed E-state index contributed by atoms with van der Waals surface area (Å²) in [6.45, 7) is -0.0740. The lowest BCUT2D eigenvalue weighted by molar-refractivity contribution is -0.118. The van der Waals surface area contributed by atoms with E-state index in [0.717, 1.165) is 0 Å². The van der Waals surface area contributed by atoms with Gasteiger partial charge in [0.25, 0.3) is 15.9 Å². The number of amides is 1. The van der Waals surface area contributed by atoms with Gasteiger partial charge in [0, 0.05) is 0 Å². The monoisotopic (exact) mass is 258 g/mol. The van der Waals surface area contributed by atoms with Crippen LogP contribution < -0.4 is 14.9 Å². The number of rotatable bonds is 3. The second-order valence-corrected chi connectivity index (χ2v) is 4.93. The summed E-state index contributed by atoms with van der Waals surface area (Å²) in [5.74, 6) is 0.104. The van der Waals surface area contributed by atoms with Crippen LogP contribution >= 0.6 is 0 Å². The van der Waals surface area contributed by atoms with E-state index in [0.29, 0.717) is 11.4 Å². The fourth-order valence-electron chi connectivity index (χ4n) is 1.39. The number of benzene rings is 1. The van der Waals surface area contributed by atoms with Crippen molar-refractivity contribution in [3.05, 3.63) is 18.2 Å². The molecule has 8 heteroatoms. The van der Waals surface area contributed by atoms with Crippen molar-refractivity contribution >= 4 is 21.6 Å². The maximum atomic E-state index is 11.6. The molecule has 1 amide bonds. The minimum atomic E-state index is -3.74. The first-order valence-electron chi connectivity index (χ1n) is 4.64. The minimum absolute atomic E-state index is 0.0242. The number of nitrogens with one attached hydrogen (secondary N) is 2. The molecule has 0 saturated heterocycles. The molecular weight excluding hydrogens is 248 g/mol. The highest BCUT2D eigenvalue weighted by atomic mass is 32.2. The van der Waals surface area contributed by atoms with E-state index in [4.69, 9.17) is 4.74 Å². The van der Waals surface area contributed by atoms with Crippen molar-refractivity contribution in [2.75, 3.05) is 19.0 Å². The van der Waals surface area contributed by atoms with E-state index >= 15 is 0 Å². The summed E-state index contributed by atoms with van der Waals surface area (Å²) in [4.78, 5) is 17.3. The Bertz CT molecular complexity index is 555. The van der Waals surface area contributed by atoms with Crippen LogP contribution in [0.25, 0.3) is 0 Å². The Morgan fingerprint density at radius 3 is 2.94 bits per heavy atom. The van der Waals surface area contributed by atoms with Crippen molar-refractivity contribution < 1.29 is 22.8 Å². The lowest BCUT2D eigenvalue weighted by atomic mass is 10.2. The van der Waals surface area contributed by atoms with Gasteiger partial charge in [0.1, 0.15) is 5.75 Å². The predicted octanol–water partition coefficient (Wildman–Crippen LogP) is -0.143. The van der Waals surface area contributed by atoms with Crippen molar-refractivity contribution in [2.45, 2.75) is 4.90 Å². The van der Waals surface area contributed by atoms with Gasteiger partial charge in [-0.3, -0.25) is 9.63 Å². The maximum absolute atomic E-state index is 11.6. The third-order valence-electron chi connectivity index (χ3n) is 2.09. The van der Waals surface area contributed by atoms with E-state index in [1.54, 1.807) is 0 Å². The van der Waals surface area contributed by atoms with Crippen LogP contribution in [0.15, 0.2) is 23.1 Å². The summed E-state index contributed by atoms with van der Waals surface area (Å²) in [5, 5.41) is 2.52. The van der Waals surface area contributed by atoms with Gasteiger partial charge in [-0.2, -0.15) is 0 Å². The fourth-order valence-corrected chi connectivity index (χ4v) is 2.22. The lowest BCUT2D eigenvalue weighted by Gasteiger charge is -2.18. The molecule has 0 atom stereocenters. The van der Waals surface area contributed by atoms with Crippen molar-refractivity contribution in [2.24, 2.45) is 0 Å². The zero-order valence-electron chi connectivity index (χ0n) is 8.89. The summed E-state index contributed by atoms with van der Waals surface area (Å²) < 4.78 is 28.3. The first-order chi connectivity index (χ1) is 8.03. The number of hydrogen-bond acceptors (Lipinski definition) is 5. The number of hydrogen-bond donors (Lipinski definition) is 2. The van der Waals surface area contributed by atoms with Crippen LogP contribution in [0, 0.1) is 0 Å². The highest BCUT2D eigenvalue weighted by Crippen LogP contribution is 2.29. The first-order valence-corrected chi connectivity index (χ1v) is 6.13. The van der Waals surface area contributed by atoms with Crippen LogP contribution in [0.2, 0.25) is 0 Å². The third-order valence-corrected chi connectivity index (χ3v) is 3.35. The SMILES string of the molecule is CONS(=O)(=O)c1ccc2c(c1)NC(=O)CO2. The highest BCUT2D eigenvalue weighted by molar-refractivity contribution is 7.89. The summed E-state index contributed by atoms with van der Waals surface area (Å²) in [7, 11) is -2.55. The van der Waals surface area contributed by atoms with Crippen LogP contribution in [0.4, 0.5) is 5.69 Å². The third kappa shape index (κ3) is 2.38. The number of carbonyl (C=O) groups excluding carboxylic acids is 1. The molecule has 1 aromatic carbocycles. The molecule has 2 rings (SSSR count). The maximum Gasteiger partial charge on any atom is 0.262 e. The van der Waals surface area contributed by atoms with Gasteiger partial charge in [-0.05, 0) is 18.2 Å². The molecule has 0 aliphatic carbocycles. The fraction of sp³-hybridized carbons (Fsp3) is 0.222. The van der Waals surface area contributed by atoms with Gasteiger partial charge in [0.15, 0.2) is 6.61 Å². The molecular formula is C9H10N2O5S. The number of ether oxygens (including phenoxy) is 1. The number of carbonyl (C=O) groups is 1. The topological polar surface area (TPSA) is 93.7 Å². The molecule has 0 bridgehead atoms. The number of anilines is 1. The smallest absolute Gasteiger partial charge is 0.262 e.